The second-order valence-corrected chi connectivity index (χ2v) is 8.40. The average molecular weight is 420 g/mol. The summed E-state index contributed by atoms with van der Waals surface area (Å²) in [6, 6.07) is 0. The number of nitrogens with zero attached hydrogens (tertiary/aromatic N) is 3. The lowest BCUT2D eigenvalue weighted by molar-refractivity contribution is -0.125. The quantitative estimate of drug-likeness (QED) is 0.761. The summed E-state index contributed by atoms with van der Waals surface area (Å²) in [5, 5.41) is 11.0. The summed E-state index contributed by atoms with van der Waals surface area (Å²) in [5.41, 5.74) is -0.176. The van der Waals surface area contributed by atoms with E-state index in [2.05, 4.69) is 20.8 Å². The maximum absolute atomic E-state index is 13.0. The topological polar surface area (TPSA) is 83.3 Å². The third-order valence-electron chi connectivity index (χ3n) is 6.27. The Bertz CT molecular complexity index is 639. The summed E-state index contributed by atoms with van der Waals surface area (Å²) < 4.78 is 5.42. The Morgan fingerprint density at radius 1 is 1.22 bits per heavy atom. The minimum Gasteiger partial charge on any atom is -0.343 e. The molecule has 1 aromatic rings. The normalized spacial score (nSPS) is 24.9. The van der Waals surface area contributed by atoms with E-state index in [4.69, 9.17) is 4.52 Å². The number of halogens is 2. The number of carbonyl (C=O) groups is 1. The highest BCUT2D eigenvalue weighted by atomic mass is 35.5. The average Bonchev–Trinajstić information content (AvgIpc) is 2.94. The lowest BCUT2D eigenvalue weighted by Crippen LogP contribution is -2.46. The van der Waals surface area contributed by atoms with Crippen LogP contribution >= 0.6 is 24.8 Å². The molecule has 2 aliphatic carbocycles. The molecule has 2 heterocycles. The Labute approximate surface area is 173 Å². The number of hydrogen-bond acceptors (Lipinski definition) is 6. The van der Waals surface area contributed by atoms with Crippen LogP contribution in [0.4, 0.5) is 0 Å². The Balaban J connectivity index is 0.00000131. The van der Waals surface area contributed by atoms with Crippen molar-refractivity contribution in [2.45, 2.75) is 57.0 Å². The van der Waals surface area contributed by atoms with Gasteiger partial charge in [0, 0.05) is 5.92 Å². The zero-order valence-corrected chi connectivity index (χ0v) is 17.8. The first-order chi connectivity index (χ1) is 12.0. The van der Waals surface area contributed by atoms with Gasteiger partial charge in [0.15, 0.2) is 5.82 Å². The molecule has 1 saturated heterocycles. The molecule has 1 unspecified atom stereocenters. The second-order valence-electron chi connectivity index (χ2n) is 8.40. The van der Waals surface area contributed by atoms with Gasteiger partial charge in [-0.1, -0.05) is 18.0 Å². The van der Waals surface area contributed by atoms with Gasteiger partial charge >= 0.3 is 0 Å². The van der Waals surface area contributed by atoms with Gasteiger partial charge in [-0.05, 0) is 64.7 Å². The summed E-state index contributed by atoms with van der Waals surface area (Å²) >= 11 is 0. The van der Waals surface area contributed by atoms with Crippen molar-refractivity contribution >= 4 is 30.7 Å². The molecule has 3 aliphatic rings. The van der Waals surface area contributed by atoms with Crippen LogP contribution in [0.5, 0.6) is 0 Å². The van der Waals surface area contributed by atoms with E-state index in [0.29, 0.717) is 18.3 Å². The Morgan fingerprint density at radius 3 is 2.52 bits per heavy atom. The molecule has 1 aromatic heterocycles. The van der Waals surface area contributed by atoms with Crippen LogP contribution in [0.2, 0.25) is 0 Å². The van der Waals surface area contributed by atoms with Crippen LogP contribution in [0.3, 0.4) is 0 Å². The predicted molar refractivity (Wildman–Crippen MR) is 107 cm³/mol. The summed E-state index contributed by atoms with van der Waals surface area (Å²) in [5.74, 6) is 1.64. The van der Waals surface area contributed by atoms with Crippen molar-refractivity contribution in [3.63, 3.8) is 0 Å². The van der Waals surface area contributed by atoms with Crippen molar-refractivity contribution in [2.24, 2.45) is 11.3 Å². The first kappa shape index (κ1) is 22.4. The number of hydrogen-bond donors (Lipinski definition) is 2. The molecule has 154 valence electrons. The molecule has 2 N–H and O–H groups in total. The van der Waals surface area contributed by atoms with Crippen molar-refractivity contribution in [1.82, 2.24) is 25.7 Å². The van der Waals surface area contributed by atoms with Crippen LogP contribution in [0, 0.1) is 11.3 Å². The summed E-state index contributed by atoms with van der Waals surface area (Å²) in [7, 11) is 3.95. The van der Waals surface area contributed by atoms with E-state index < -0.39 is 5.54 Å². The molecule has 1 aliphatic heterocycles. The van der Waals surface area contributed by atoms with Crippen molar-refractivity contribution < 1.29 is 9.32 Å². The Morgan fingerprint density at radius 2 is 1.89 bits per heavy atom. The number of aromatic nitrogens is 2. The van der Waals surface area contributed by atoms with Crippen LogP contribution in [0.1, 0.15) is 56.7 Å². The summed E-state index contributed by atoms with van der Waals surface area (Å²) in [6.45, 7) is 2.69. The van der Waals surface area contributed by atoms with Gasteiger partial charge < -0.3 is 20.1 Å². The lowest BCUT2D eigenvalue weighted by Gasteiger charge is -2.28. The zero-order chi connectivity index (χ0) is 17.5. The molecule has 2 saturated carbocycles. The molecular formula is C18H31Cl2N5O2. The molecule has 9 heteroatoms. The first-order valence-electron chi connectivity index (χ1n) is 9.54. The first-order valence-corrected chi connectivity index (χ1v) is 9.54. The summed E-state index contributed by atoms with van der Waals surface area (Å²) in [6.07, 6.45) is 7.27. The monoisotopic (exact) mass is 419 g/mol. The fourth-order valence-corrected chi connectivity index (χ4v) is 4.69. The van der Waals surface area contributed by atoms with Gasteiger partial charge in [-0.2, -0.15) is 4.98 Å². The number of amides is 1. The van der Waals surface area contributed by atoms with E-state index in [1.54, 1.807) is 0 Å². The van der Waals surface area contributed by atoms with Gasteiger partial charge in [-0.25, -0.2) is 0 Å². The van der Waals surface area contributed by atoms with Crippen LogP contribution in [-0.4, -0.2) is 48.1 Å². The van der Waals surface area contributed by atoms with E-state index in [1.165, 1.54) is 0 Å². The third-order valence-corrected chi connectivity index (χ3v) is 6.27. The van der Waals surface area contributed by atoms with Crippen LogP contribution in [-0.2, 0) is 16.9 Å². The Kier molecular flexibility index (Phi) is 7.17. The molecular weight excluding hydrogens is 389 g/mol. The zero-order valence-electron chi connectivity index (χ0n) is 16.1. The molecule has 0 bridgehead atoms. The molecule has 1 spiro atoms. The van der Waals surface area contributed by atoms with E-state index in [1.807, 2.05) is 19.0 Å². The van der Waals surface area contributed by atoms with Gasteiger partial charge in [0.25, 0.3) is 0 Å². The maximum atomic E-state index is 13.0. The van der Waals surface area contributed by atoms with Gasteiger partial charge in [-0.3, -0.25) is 4.79 Å². The smallest absolute Gasteiger partial charge is 0.240 e. The second kappa shape index (κ2) is 8.64. The molecule has 27 heavy (non-hydrogen) atoms. The van der Waals surface area contributed by atoms with Gasteiger partial charge in [-0.15, -0.1) is 24.8 Å². The van der Waals surface area contributed by atoms with E-state index >= 15 is 0 Å². The molecule has 1 atom stereocenters. The maximum Gasteiger partial charge on any atom is 0.240 e. The fraction of sp³-hybridized carbons (Fsp3) is 0.833. The minimum atomic E-state index is -0.429. The molecule has 0 aromatic carbocycles. The molecule has 4 rings (SSSR count). The highest BCUT2D eigenvalue weighted by Crippen LogP contribution is 2.59. The SMILES string of the molecule is CN(C)Cc1nc(C2(NC(=O)C3CC34CCNCC4)CCCC2)no1.Cl.Cl. The highest BCUT2D eigenvalue weighted by Gasteiger charge is 2.59. The van der Waals surface area contributed by atoms with E-state index in [-0.39, 0.29) is 42.1 Å². The van der Waals surface area contributed by atoms with Crippen molar-refractivity contribution in [3.05, 3.63) is 11.7 Å². The molecule has 1 amide bonds. The predicted octanol–water partition coefficient (Wildman–Crippen LogP) is 2.25. The molecule has 0 radical (unpaired) electrons. The third kappa shape index (κ3) is 4.42. The standard InChI is InChI=1S/C18H29N5O2.2ClH/c1-23(2)12-14-20-16(22-25-14)18(5-3-4-6-18)21-15(24)13-11-17(13)7-9-19-10-8-17;;/h13,19H,3-12H2,1-2H3,(H,21,24);2*1H. The van der Waals surface area contributed by atoms with E-state index in [9.17, 15) is 4.79 Å². The fourth-order valence-electron chi connectivity index (χ4n) is 4.69. The number of piperidine rings is 1. The highest BCUT2D eigenvalue weighted by molar-refractivity contribution is 5.85. The van der Waals surface area contributed by atoms with E-state index in [0.717, 1.165) is 58.0 Å². The number of nitrogens with one attached hydrogen (secondary N) is 2. The van der Waals surface area contributed by atoms with Gasteiger partial charge in [0.2, 0.25) is 11.8 Å². The van der Waals surface area contributed by atoms with Crippen molar-refractivity contribution in [2.75, 3.05) is 27.2 Å². The minimum absolute atomic E-state index is 0. The van der Waals surface area contributed by atoms with Gasteiger partial charge in [0.1, 0.15) is 5.54 Å². The van der Waals surface area contributed by atoms with Crippen molar-refractivity contribution in [3.8, 4) is 0 Å². The number of rotatable bonds is 5. The number of carbonyl (C=O) groups excluding carboxylic acids is 1. The van der Waals surface area contributed by atoms with Gasteiger partial charge in [0.05, 0.1) is 6.54 Å². The van der Waals surface area contributed by atoms with Crippen molar-refractivity contribution in [1.29, 1.82) is 0 Å². The lowest BCUT2D eigenvalue weighted by atomic mass is 9.90. The van der Waals surface area contributed by atoms with Crippen LogP contribution in [0.15, 0.2) is 4.52 Å². The molecule has 7 nitrogen and oxygen atoms in total. The summed E-state index contributed by atoms with van der Waals surface area (Å²) in [4.78, 5) is 19.6. The Hall–Kier alpha value is -0.890. The van der Waals surface area contributed by atoms with Crippen LogP contribution < -0.4 is 10.6 Å². The molecule has 3 fully saturated rings. The van der Waals surface area contributed by atoms with Crippen LogP contribution in [0.25, 0.3) is 0 Å². The largest absolute Gasteiger partial charge is 0.343 e.